The van der Waals surface area contributed by atoms with Crippen molar-refractivity contribution >= 4 is 37.4 Å². The Labute approximate surface area is 181 Å². The molecule has 0 unspecified atom stereocenters. The molecular formula is C22H26N2O4S2. The molecule has 3 rings (SSSR count). The van der Waals surface area contributed by atoms with Crippen molar-refractivity contribution in [3.05, 3.63) is 65.0 Å². The van der Waals surface area contributed by atoms with E-state index in [1.54, 1.807) is 20.8 Å². The van der Waals surface area contributed by atoms with E-state index >= 15 is 0 Å². The highest BCUT2D eigenvalue weighted by atomic mass is 32.2. The third-order valence-corrected chi connectivity index (χ3v) is 8.44. The van der Waals surface area contributed by atoms with E-state index in [9.17, 15) is 18.3 Å². The van der Waals surface area contributed by atoms with E-state index in [-0.39, 0.29) is 17.3 Å². The first-order valence-corrected chi connectivity index (χ1v) is 12.0. The predicted molar refractivity (Wildman–Crippen MR) is 120 cm³/mol. The predicted octanol–water partition coefficient (Wildman–Crippen LogP) is 3.57. The van der Waals surface area contributed by atoms with Crippen LogP contribution in [-0.2, 0) is 15.6 Å². The summed E-state index contributed by atoms with van der Waals surface area (Å²) in [4.78, 5) is 13.4. The molecule has 0 aliphatic heterocycles. The normalized spacial score (nSPS) is 14.0. The minimum atomic E-state index is -3.57. The molecule has 6 nitrogen and oxygen atoms in total. The van der Waals surface area contributed by atoms with Gasteiger partial charge in [0.15, 0.2) is 0 Å². The van der Waals surface area contributed by atoms with Crippen LogP contribution >= 0.6 is 11.3 Å². The minimum Gasteiger partial charge on any atom is -0.383 e. The van der Waals surface area contributed by atoms with Crippen LogP contribution in [0, 0.1) is 0 Å². The zero-order valence-corrected chi connectivity index (χ0v) is 18.9. The fourth-order valence-electron chi connectivity index (χ4n) is 3.18. The quantitative estimate of drug-likeness (QED) is 0.554. The highest BCUT2D eigenvalue weighted by Crippen LogP contribution is 2.32. The van der Waals surface area contributed by atoms with Crippen molar-refractivity contribution in [3.8, 4) is 0 Å². The standard InChI is InChI=1S/C22H26N2O4S2/c1-4-24(5-2)30(27,28)18-12-10-16(11-13-18)21(25)23-15-22(3,26)20-14-17-8-6-7-9-19(17)29-20/h6-14,26H,4-5,15H2,1-3H3,(H,23,25)/t22-/m0/s1. The molecule has 0 radical (unpaired) electrons. The van der Waals surface area contributed by atoms with Crippen LogP contribution in [-0.4, -0.2) is 43.4 Å². The highest BCUT2D eigenvalue weighted by Gasteiger charge is 2.27. The third-order valence-electron chi connectivity index (χ3n) is 5.01. The lowest BCUT2D eigenvalue weighted by Crippen LogP contribution is -2.38. The average molecular weight is 447 g/mol. The van der Waals surface area contributed by atoms with Gasteiger partial charge in [-0.25, -0.2) is 8.42 Å². The van der Waals surface area contributed by atoms with Crippen LogP contribution in [0.15, 0.2) is 59.5 Å². The van der Waals surface area contributed by atoms with E-state index in [1.165, 1.54) is 39.9 Å². The van der Waals surface area contributed by atoms with Gasteiger partial charge in [-0.15, -0.1) is 11.3 Å². The molecule has 0 saturated carbocycles. The first kappa shape index (κ1) is 22.4. The van der Waals surface area contributed by atoms with E-state index in [1.807, 2.05) is 30.3 Å². The molecule has 2 aromatic carbocycles. The van der Waals surface area contributed by atoms with Gasteiger partial charge in [-0.3, -0.25) is 4.79 Å². The summed E-state index contributed by atoms with van der Waals surface area (Å²) in [5, 5.41) is 14.7. The highest BCUT2D eigenvalue weighted by molar-refractivity contribution is 7.89. The number of hydrogen-bond acceptors (Lipinski definition) is 5. The van der Waals surface area contributed by atoms with Crippen molar-refractivity contribution in [2.24, 2.45) is 0 Å². The molecule has 0 aliphatic rings. The van der Waals surface area contributed by atoms with Crippen LogP contribution in [0.5, 0.6) is 0 Å². The molecule has 1 aromatic heterocycles. The van der Waals surface area contributed by atoms with Gasteiger partial charge in [-0.2, -0.15) is 4.31 Å². The lowest BCUT2D eigenvalue weighted by molar-refractivity contribution is 0.0557. The summed E-state index contributed by atoms with van der Waals surface area (Å²) in [7, 11) is -3.57. The molecule has 1 amide bonds. The average Bonchev–Trinajstić information content (AvgIpc) is 3.18. The van der Waals surface area contributed by atoms with Gasteiger partial charge in [0.1, 0.15) is 5.60 Å². The van der Waals surface area contributed by atoms with Gasteiger partial charge in [-0.05, 0) is 48.7 Å². The number of nitrogens with one attached hydrogen (secondary N) is 1. The number of rotatable bonds is 8. The van der Waals surface area contributed by atoms with Gasteiger partial charge in [0, 0.05) is 28.2 Å². The molecule has 2 N–H and O–H groups in total. The number of amides is 1. The monoisotopic (exact) mass is 446 g/mol. The molecule has 8 heteroatoms. The van der Waals surface area contributed by atoms with Crippen LogP contribution in [0.4, 0.5) is 0 Å². The van der Waals surface area contributed by atoms with Gasteiger partial charge in [0.25, 0.3) is 5.91 Å². The first-order valence-electron chi connectivity index (χ1n) is 9.79. The van der Waals surface area contributed by atoms with Gasteiger partial charge in [0.2, 0.25) is 10.0 Å². The maximum Gasteiger partial charge on any atom is 0.251 e. The van der Waals surface area contributed by atoms with E-state index < -0.39 is 15.6 Å². The second kappa shape index (κ2) is 8.85. The number of thiophene rings is 1. The van der Waals surface area contributed by atoms with E-state index in [0.29, 0.717) is 18.7 Å². The molecule has 160 valence electrons. The fourth-order valence-corrected chi connectivity index (χ4v) is 5.74. The number of hydrogen-bond donors (Lipinski definition) is 2. The summed E-state index contributed by atoms with van der Waals surface area (Å²) in [5.41, 5.74) is -0.883. The van der Waals surface area contributed by atoms with Crippen molar-refractivity contribution in [1.29, 1.82) is 0 Å². The number of sulfonamides is 1. The summed E-state index contributed by atoms with van der Waals surface area (Å²) < 4.78 is 27.6. The number of carbonyl (C=O) groups excluding carboxylic acids is 1. The van der Waals surface area contributed by atoms with Crippen LogP contribution in [0.25, 0.3) is 10.1 Å². The SMILES string of the molecule is CCN(CC)S(=O)(=O)c1ccc(C(=O)NC[C@](C)(O)c2cc3ccccc3s2)cc1. The maximum atomic E-state index is 12.6. The number of nitrogens with zero attached hydrogens (tertiary/aromatic N) is 1. The van der Waals surface area contributed by atoms with Crippen LogP contribution in [0.2, 0.25) is 0 Å². The molecule has 1 heterocycles. The molecule has 0 bridgehead atoms. The third kappa shape index (κ3) is 4.57. The Balaban J connectivity index is 1.70. The molecular weight excluding hydrogens is 420 g/mol. The largest absolute Gasteiger partial charge is 0.383 e. The zero-order valence-electron chi connectivity index (χ0n) is 17.3. The minimum absolute atomic E-state index is 0.0398. The van der Waals surface area contributed by atoms with E-state index in [0.717, 1.165) is 15.0 Å². The molecule has 3 aromatic rings. The Hall–Kier alpha value is -2.26. The van der Waals surface area contributed by atoms with Gasteiger partial charge in [-0.1, -0.05) is 32.0 Å². The molecule has 0 spiro atoms. The van der Waals surface area contributed by atoms with Gasteiger partial charge < -0.3 is 10.4 Å². The summed E-state index contributed by atoms with van der Waals surface area (Å²) >= 11 is 1.49. The zero-order chi connectivity index (χ0) is 21.9. The van der Waals surface area contributed by atoms with Crippen LogP contribution < -0.4 is 5.32 Å². The summed E-state index contributed by atoms with van der Waals surface area (Å²) in [6, 6.07) is 15.6. The van der Waals surface area contributed by atoms with E-state index in [2.05, 4.69) is 5.32 Å². The second-order valence-corrected chi connectivity index (χ2v) is 10.2. The van der Waals surface area contributed by atoms with Crippen molar-refractivity contribution in [3.63, 3.8) is 0 Å². The Morgan fingerprint density at radius 1 is 1.10 bits per heavy atom. The van der Waals surface area contributed by atoms with Crippen molar-refractivity contribution in [2.75, 3.05) is 19.6 Å². The molecule has 0 fully saturated rings. The Bertz CT molecular complexity index is 1100. The van der Waals surface area contributed by atoms with Crippen molar-refractivity contribution in [2.45, 2.75) is 31.3 Å². The molecule has 0 saturated heterocycles. The topological polar surface area (TPSA) is 86.7 Å². The number of fused-ring (bicyclic) bond motifs is 1. The summed E-state index contributed by atoms with van der Waals surface area (Å²) in [6.07, 6.45) is 0. The maximum absolute atomic E-state index is 12.6. The Kier molecular flexibility index (Phi) is 6.62. The van der Waals surface area contributed by atoms with Gasteiger partial charge in [0.05, 0.1) is 11.4 Å². The Morgan fingerprint density at radius 2 is 1.73 bits per heavy atom. The number of benzene rings is 2. The fraction of sp³-hybridized carbons (Fsp3) is 0.318. The van der Waals surface area contributed by atoms with Crippen molar-refractivity contribution in [1.82, 2.24) is 9.62 Å². The molecule has 30 heavy (non-hydrogen) atoms. The van der Waals surface area contributed by atoms with Crippen LogP contribution in [0.3, 0.4) is 0 Å². The smallest absolute Gasteiger partial charge is 0.251 e. The van der Waals surface area contributed by atoms with Crippen LogP contribution in [0.1, 0.15) is 36.0 Å². The lowest BCUT2D eigenvalue weighted by atomic mass is 10.0. The second-order valence-electron chi connectivity index (χ2n) is 7.22. The summed E-state index contributed by atoms with van der Waals surface area (Å²) in [6.45, 7) is 6.04. The summed E-state index contributed by atoms with van der Waals surface area (Å²) in [5.74, 6) is -0.372. The lowest BCUT2D eigenvalue weighted by Gasteiger charge is -2.22. The van der Waals surface area contributed by atoms with E-state index in [4.69, 9.17) is 0 Å². The first-order chi connectivity index (χ1) is 14.2. The molecule has 0 aliphatic carbocycles. The number of carbonyl (C=O) groups is 1. The Morgan fingerprint density at radius 3 is 2.33 bits per heavy atom. The van der Waals surface area contributed by atoms with Gasteiger partial charge >= 0.3 is 0 Å². The molecule has 1 atom stereocenters. The number of aliphatic hydroxyl groups is 1. The van der Waals surface area contributed by atoms with Crippen molar-refractivity contribution < 1.29 is 18.3 Å².